The van der Waals surface area contributed by atoms with E-state index in [2.05, 4.69) is 17.6 Å². The lowest BCUT2D eigenvalue weighted by atomic mass is 10.1. The van der Waals surface area contributed by atoms with Gasteiger partial charge in [-0.15, -0.1) is 0 Å². The molecule has 0 atom stereocenters. The number of hydrogen-bond acceptors (Lipinski definition) is 4. The topological polar surface area (TPSA) is 42.5 Å². The second-order valence-corrected chi connectivity index (χ2v) is 3.67. The highest BCUT2D eigenvalue weighted by atomic mass is 16.5. The molecule has 0 spiro atoms. The normalized spacial score (nSPS) is 10.3. The van der Waals surface area contributed by atoms with Gasteiger partial charge >= 0.3 is 0 Å². The van der Waals surface area contributed by atoms with Crippen molar-refractivity contribution in [1.29, 1.82) is 0 Å². The molecule has 4 nitrogen and oxygen atoms in total. The minimum atomic E-state index is 0.749. The number of nitrogens with one attached hydrogen (secondary N) is 2. The van der Waals surface area contributed by atoms with E-state index in [1.165, 1.54) is 0 Å². The fraction of sp³-hybridized carbons (Fsp3) is 0.538. The van der Waals surface area contributed by atoms with Gasteiger partial charge in [0, 0.05) is 25.2 Å². The van der Waals surface area contributed by atoms with E-state index in [9.17, 15) is 0 Å². The predicted molar refractivity (Wildman–Crippen MR) is 69.8 cm³/mol. The number of likely N-dealkylation sites (N-methyl/N-ethyl adjacent to an activating group) is 1. The zero-order valence-electron chi connectivity index (χ0n) is 10.9. The van der Waals surface area contributed by atoms with Gasteiger partial charge in [-0.1, -0.05) is 13.0 Å². The first kappa shape index (κ1) is 13.8. The third kappa shape index (κ3) is 4.24. The first-order chi connectivity index (χ1) is 8.33. The standard InChI is InChI=1S/C13H22N2O2/c1-4-14-8-9-15-10-11-12(16-2)6-5-7-13(11)17-3/h5-7,14-15H,4,8-10H2,1-3H3. The van der Waals surface area contributed by atoms with E-state index in [1.807, 2.05) is 18.2 Å². The first-order valence-corrected chi connectivity index (χ1v) is 5.94. The Kier molecular flexibility index (Phi) is 6.43. The van der Waals surface area contributed by atoms with Gasteiger partial charge in [-0.05, 0) is 18.7 Å². The second kappa shape index (κ2) is 7.92. The molecule has 96 valence electrons. The van der Waals surface area contributed by atoms with Crippen LogP contribution in [0.4, 0.5) is 0 Å². The second-order valence-electron chi connectivity index (χ2n) is 3.67. The summed E-state index contributed by atoms with van der Waals surface area (Å²) in [6.07, 6.45) is 0. The van der Waals surface area contributed by atoms with E-state index in [-0.39, 0.29) is 0 Å². The van der Waals surface area contributed by atoms with Crippen LogP contribution in [0.1, 0.15) is 12.5 Å². The summed E-state index contributed by atoms with van der Waals surface area (Å²) < 4.78 is 10.7. The van der Waals surface area contributed by atoms with E-state index >= 15 is 0 Å². The molecule has 1 aromatic carbocycles. The summed E-state index contributed by atoms with van der Waals surface area (Å²) in [5.41, 5.74) is 1.06. The Morgan fingerprint density at radius 3 is 2.12 bits per heavy atom. The van der Waals surface area contributed by atoms with E-state index < -0.39 is 0 Å². The van der Waals surface area contributed by atoms with Gasteiger partial charge in [-0.3, -0.25) is 0 Å². The minimum Gasteiger partial charge on any atom is -0.496 e. The van der Waals surface area contributed by atoms with Gasteiger partial charge in [-0.25, -0.2) is 0 Å². The van der Waals surface area contributed by atoms with Crippen molar-refractivity contribution in [2.24, 2.45) is 0 Å². The van der Waals surface area contributed by atoms with Crippen LogP contribution >= 0.6 is 0 Å². The van der Waals surface area contributed by atoms with Gasteiger partial charge in [0.15, 0.2) is 0 Å². The van der Waals surface area contributed by atoms with Crippen LogP contribution in [0.15, 0.2) is 18.2 Å². The molecule has 0 radical (unpaired) electrons. The molecule has 1 aromatic rings. The molecular formula is C13H22N2O2. The van der Waals surface area contributed by atoms with Gasteiger partial charge in [-0.2, -0.15) is 0 Å². The van der Waals surface area contributed by atoms with Crippen molar-refractivity contribution in [1.82, 2.24) is 10.6 Å². The van der Waals surface area contributed by atoms with Crippen molar-refractivity contribution in [3.63, 3.8) is 0 Å². The zero-order chi connectivity index (χ0) is 12.5. The van der Waals surface area contributed by atoms with Crippen molar-refractivity contribution < 1.29 is 9.47 Å². The van der Waals surface area contributed by atoms with Crippen LogP contribution in [0.3, 0.4) is 0 Å². The highest BCUT2D eigenvalue weighted by Crippen LogP contribution is 2.27. The molecule has 0 aromatic heterocycles. The molecule has 1 rings (SSSR count). The van der Waals surface area contributed by atoms with E-state index in [0.29, 0.717) is 0 Å². The van der Waals surface area contributed by atoms with Crippen LogP contribution in [0, 0.1) is 0 Å². The maximum Gasteiger partial charge on any atom is 0.127 e. The molecule has 0 saturated heterocycles. The van der Waals surface area contributed by atoms with Gasteiger partial charge in [0.25, 0.3) is 0 Å². The summed E-state index contributed by atoms with van der Waals surface area (Å²) in [6, 6.07) is 5.83. The molecule has 0 aliphatic carbocycles. The quantitative estimate of drug-likeness (QED) is 0.672. The number of methoxy groups -OCH3 is 2. The number of hydrogen-bond donors (Lipinski definition) is 2. The van der Waals surface area contributed by atoms with Crippen molar-refractivity contribution in [2.45, 2.75) is 13.5 Å². The summed E-state index contributed by atoms with van der Waals surface area (Å²) in [4.78, 5) is 0. The minimum absolute atomic E-state index is 0.749. The molecule has 4 heteroatoms. The molecule has 0 aliphatic heterocycles. The van der Waals surface area contributed by atoms with E-state index in [4.69, 9.17) is 9.47 Å². The Balaban J connectivity index is 2.55. The fourth-order valence-corrected chi connectivity index (χ4v) is 1.67. The Morgan fingerprint density at radius 1 is 1.00 bits per heavy atom. The summed E-state index contributed by atoms with van der Waals surface area (Å²) >= 11 is 0. The van der Waals surface area contributed by atoms with E-state index in [0.717, 1.165) is 43.2 Å². The molecule has 0 bridgehead atoms. The average Bonchev–Trinajstić information content (AvgIpc) is 2.38. The van der Waals surface area contributed by atoms with Crippen LogP contribution in [-0.2, 0) is 6.54 Å². The summed E-state index contributed by atoms with van der Waals surface area (Å²) in [5.74, 6) is 1.72. The molecule has 0 heterocycles. The number of ether oxygens (including phenoxy) is 2. The van der Waals surface area contributed by atoms with E-state index in [1.54, 1.807) is 14.2 Å². The SMILES string of the molecule is CCNCCNCc1c(OC)cccc1OC. The lowest BCUT2D eigenvalue weighted by Gasteiger charge is -2.13. The highest BCUT2D eigenvalue weighted by Gasteiger charge is 2.08. The number of rotatable bonds is 8. The molecular weight excluding hydrogens is 216 g/mol. The largest absolute Gasteiger partial charge is 0.496 e. The zero-order valence-corrected chi connectivity index (χ0v) is 10.9. The van der Waals surface area contributed by atoms with Crippen LogP contribution in [0.25, 0.3) is 0 Å². The number of benzene rings is 1. The monoisotopic (exact) mass is 238 g/mol. The van der Waals surface area contributed by atoms with Crippen molar-refractivity contribution in [3.8, 4) is 11.5 Å². The maximum absolute atomic E-state index is 5.33. The molecule has 0 fully saturated rings. The summed E-state index contributed by atoms with van der Waals surface area (Å²) in [5, 5.41) is 6.63. The average molecular weight is 238 g/mol. The molecule has 2 N–H and O–H groups in total. The van der Waals surface area contributed by atoms with Crippen molar-refractivity contribution in [2.75, 3.05) is 33.9 Å². The van der Waals surface area contributed by atoms with Crippen LogP contribution in [0.2, 0.25) is 0 Å². The molecule has 0 aliphatic rings. The lowest BCUT2D eigenvalue weighted by Crippen LogP contribution is -2.27. The summed E-state index contributed by atoms with van der Waals surface area (Å²) in [6.45, 7) is 5.74. The van der Waals surface area contributed by atoms with Gasteiger partial charge in [0.05, 0.1) is 14.2 Å². The van der Waals surface area contributed by atoms with Gasteiger partial charge in [0.1, 0.15) is 11.5 Å². The Hall–Kier alpha value is -1.26. The van der Waals surface area contributed by atoms with Crippen molar-refractivity contribution >= 4 is 0 Å². The summed E-state index contributed by atoms with van der Waals surface area (Å²) in [7, 11) is 3.35. The van der Waals surface area contributed by atoms with Crippen LogP contribution < -0.4 is 20.1 Å². The Bertz CT molecular complexity index is 307. The van der Waals surface area contributed by atoms with Gasteiger partial charge in [0.2, 0.25) is 0 Å². The first-order valence-electron chi connectivity index (χ1n) is 5.94. The maximum atomic E-state index is 5.33. The Labute approximate surface area is 103 Å². The third-order valence-corrected chi connectivity index (χ3v) is 2.56. The van der Waals surface area contributed by atoms with Crippen LogP contribution in [0.5, 0.6) is 11.5 Å². The van der Waals surface area contributed by atoms with Gasteiger partial charge < -0.3 is 20.1 Å². The predicted octanol–water partition coefficient (Wildman–Crippen LogP) is 1.40. The molecule has 17 heavy (non-hydrogen) atoms. The van der Waals surface area contributed by atoms with Crippen LogP contribution in [-0.4, -0.2) is 33.9 Å². The third-order valence-electron chi connectivity index (χ3n) is 2.56. The molecule has 0 saturated carbocycles. The lowest BCUT2D eigenvalue weighted by molar-refractivity contribution is 0.382. The van der Waals surface area contributed by atoms with Crippen molar-refractivity contribution in [3.05, 3.63) is 23.8 Å². The Morgan fingerprint density at radius 2 is 1.59 bits per heavy atom. The smallest absolute Gasteiger partial charge is 0.127 e. The molecule has 0 unspecified atom stereocenters. The molecule has 0 amide bonds. The highest BCUT2D eigenvalue weighted by molar-refractivity contribution is 5.44. The fourth-order valence-electron chi connectivity index (χ4n) is 1.67.